The van der Waals surface area contributed by atoms with Crippen molar-refractivity contribution in [2.75, 3.05) is 6.54 Å². The van der Waals surface area contributed by atoms with Gasteiger partial charge in [0.25, 0.3) is 0 Å². The third-order valence-electron chi connectivity index (χ3n) is 2.96. The van der Waals surface area contributed by atoms with E-state index in [1.807, 2.05) is 6.07 Å². The maximum Gasteiger partial charge on any atom is 0.237 e. The zero-order valence-electron chi connectivity index (χ0n) is 9.53. The molecule has 0 radical (unpaired) electrons. The minimum atomic E-state index is -0.0281. The SMILES string of the molecule is CC(NC1CCCCNC1=O)c1cccs1. The number of carbonyl (C=O) groups is 1. The van der Waals surface area contributed by atoms with Crippen LogP contribution in [0.1, 0.15) is 37.1 Å². The maximum atomic E-state index is 11.7. The molecular formula is C12H18N2OS. The van der Waals surface area contributed by atoms with Gasteiger partial charge in [-0.1, -0.05) is 6.07 Å². The van der Waals surface area contributed by atoms with Crippen LogP contribution in [0.5, 0.6) is 0 Å². The molecule has 2 rings (SSSR count). The number of nitrogens with one attached hydrogen (secondary N) is 2. The van der Waals surface area contributed by atoms with Crippen LogP contribution < -0.4 is 10.6 Å². The number of carbonyl (C=O) groups excluding carboxylic acids is 1. The minimum Gasteiger partial charge on any atom is -0.355 e. The van der Waals surface area contributed by atoms with Gasteiger partial charge in [0.2, 0.25) is 5.91 Å². The van der Waals surface area contributed by atoms with Crippen molar-refractivity contribution in [2.45, 2.75) is 38.3 Å². The van der Waals surface area contributed by atoms with E-state index in [1.165, 1.54) is 4.88 Å². The fourth-order valence-corrected chi connectivity index (χ4v) is 2.76. The fraction of sp³-hybridized carbons (Fsp3) is 0.583. The monoisotopic (exact) mass is 238 g/mol. The molecule has 0 aliphatic carbocycles. The predicted octanol–water partition coefficient (Wildman–Crippen LogP) is 2.07. The Morgan fingerprint density at radius 3 is 3.19 bits per heavy atom. The van der Waals surface area contributed by atoms with E-state index in [1.54, 1.807) is 11.3 Å². The predicted molar refractivity (Wildman–Crippen MR) is 66.5 cm³/mol. The second kappa shape index (κ2) is 5.46. The topological polar surface area (TPSA) is 41.1 Å². The third kappa shape index (κ3) is 2.83. The van der Waals surface area contributed by atoms with E-state index in [2.05, 4.69) is 29.0 Å². The van der Waals surface area contributed by atoms with Crippen molar-refractivity contribution in [3.63, 3.8) is 0 Å². The van der Waals surface area contributed by atoms with Gasteiger partial charge in [-0.15, -0.1) is 11.3 Å². The zero-order chi connectivity index (χ0) is 11.4. The molecule has 0 aromatic carbocycles. The Hall–Kier alpha value is -0.870. The first kappa shape index (κ1) is 11.6. The molecule has 4 heteroatoms. The van der Waals surface area contributed by atoms with Gasteiger partial charge in [0.15, 0.2) is 0 Å². The van der Waals surface area contributed by atoms with E-state index in [0.29, 0.717) is 0 Å². The maximum absolute atomic E-state index is 11.7. The lowest BCUT2D eigenvalue weighted by atomic mass is 10.1. The summed E-state index contributed by atoms with van der Waals surface area (Å²) in [7, 11) is 0. The molecule has 3 nitrogen and oxygen atoms in total. The number of amides is 1. The Morgan fingerprint density at radius 1 is 1.56 bits per heavy atom. The van der Waals surface area contributed by atoms with E-state index >= 15 is 0 Å². The number of hydrogen-bond acceptors (Lipinski definition) is 3. The fourth-order valence-electron chi connectivity index (χ4n) is 2.02. The first-order chi connectivity index (χ1) is 7.77. The lowest BCUT2D eigenvalue weighted by Gasteiger charge is -2.20. The highest BCUT2D eigenvalue weighted by Crippen LogP contribution is 2.19. The second-order valence-corrected chi connectivity index (χ2v) is 5.22. The summed E-state index contributed by atoms with van der Waals surface area (Å²) >= 11 is 1.73. The molecular weight excluding hydrogens is 220 g/mol. The smallest absolute Gasteiger partial charge is 0.237 e. The van der Waals surface area contributed by atoms with Gasteiger partial charge in [0.05, 0.1) is 6.04 Å². The molecule has 1 aromatic heterocycles. The van der Waals surface area contributed by atoms with Gasteiger partial charge >= 0.3 is 0 Å². The summed E-state index contributed by atoms with van der Waals surface area (Å²) in [5.41, 5.74) is 0. The summed E-state index contributed by atoms with van der Waals surface area (Å²) in [4.78, 5) is 13.0. The molecule has 1 fully saturated rings. The van der Waals surface area contributed by atoms with Crippen molar-refractivity contribution < 1.29 is 4.79 Å². The van der Waals surface area contributed by atoms with Crippen LogP contribution in [0.3, 0.4) is 0 Å². The molecule has 2 unspecified atom stereocenters. The first-order valence-corrected chi connectivity index (χ1v) is 6.72. The van der Waals surface area contributed by atoms with E-state index in [0.717, 1.165) is 25.8 Å². The van der Waals surface area contributed by atoms with Crippen molar-refractivity contribution in [3.05, 3.63) is 22.4 Å². The molecule has 2 N–H and O–H groups in total. The normalized spacial score (nSPS) is 23.6. The number of hydrogen-bond donors (Lipinski definition) is 2. The minimum absolute atomic E-state index is 0.0281. The van der Waals surface area contributed by atoms with Crippen molar-refractivity contribution in [2.24, 2.45) is 0 Å². The van der Waals surface area contributed by atoms with Gasteiger partial charge in [-0.05, 0) is 37.6 Å². The Labute approximate surface area is 100 Å². The van der Waals surface area contributed by atoms with Gasteiger partial charge in [-0.3, -0.25) is 10.1 Å². The van der Waals surface area contributed by atoms with Crippen LogP contribution in [0.15, 0.2) is 17.5 Å². The van der Waals surface area contributed by atoms with Crippen LogP contribution in [-0.4, -0.2) is 18.5 Å². The van der Waals surface area contributed by atoms with Crippen LogP contribution in [0.4, 0.5) is 0 Å². The Morgan fingerprint density at radius 2 is 2.44 bits per heavy atom. The largest absolute Gasteiger partial charge is 0.355 e. The Kier molecular flexibility index (Phi) is 3.96. The average Bonchev–Trinajstić information content (AvgIpc) is 2.73. The second-order valence-electron chi connectivity index (χ2n) is 4.24. The highest BCUT2D eigenvalue weighted by Gasteiger charge is 2.22. The number of rotatable bonds is 3. The summed E-state index contributed by atoms with van der Waals surface area (Å²) in [6.07, 6.45) is 3.16. The van der Waals surface area contributed by atoms with Gasteiger partial charge in [0.1, 0.15) is 0 Å². The van der Waals surface area contributed by atoms with Crippen LogP contribution in [0.2, 0.25) is 0 Å². The zero-order valence-corrected chi connectivity index (χ0v) is 10.3. The van der Waals surface area contributed by atoms with Crippen LogP contribution >= 0.6 is 11.3 Å². The molecule has 1 aliphatic heterocycles. The Balaban J connectivity index is 1.94. The van der Waals surface area contributed by atoms with Crippen molar-refractivity contribution >= 4 is 17.2 Å². The van der Waals surface area contributed by atoms with E-state index in [4.69, 9.17) is 0 Å². The summed E-state index contributed by atoms with van der Waals surface area (Å²) in [5, 5.41) is 8.43. The average molecular weight is 238 g/mol. The molecule has 2 heterocycles. The molecule has 0 spiro atoms. The molecule has 88 valence electrons. The molecule has 16 heavy (non-hydrogen) atoms. The summed E-state index contributed by atoms with van der Waals surface area (Å²) in [6.45, 7) is 2.94. The third-order valence-corrected chi connectivity index (χ3v) is 4.01. The quantitative estimate of drug-likeness (QED) is 0.846. The van der Waals surface area contributed by atoms with Crippen LogP contribution in [-0.2, 0) is 4.79 Å². The standard InChI is InChI=1S/C12H18N2OS/c1-9(11-6-4-8-16-11)14-10-5-2-3-7-13-12(10)15/h4,6,8-10,14H,2-3,5,7H2,1H3,(H,13,15). The molecule has 1 amide bonds. The molecule has 2 atom stereocenters. The van der Waals surface area contributed by atoms with Gasteiger partial charge in [0, 0.05) is 17.5 Å². The number of thiophene rings is 1. The molecule has 1 saturated heterocycles. The first-order valence-electron chi connectivity index (χ1n) is 5.84. The van der Waals surface area contributed by atoms with E-state index < -0.39 is 0 Å². The van der Waals surface area contributed by atoms with Crippen LogP contribution in [0, 0.1) is 0 Å². The van der Waals surface area contributed by atoms with Crippen molar-refractivity contribution in [3.8, 4) is 0 Å². The lowest BCUT2D eigenvalue weighted by Crippen LogP contribution is -2.43. The summed E-state index contributed by atoms with van der Waals surface area (Å²) < 4.78 is 0. The summed E-state index contributed by atoms with van der Waals surface area (Å²) in [6, 6.07) is 4.39. The lowest BCUT2D eigenvalue weighted by molar-refractivity contribution is -0.123. The van der Waals surface area contributed by atoms with Crippen molar-refractivity contribution in [1.82, 2.24) is 10.6 Å². The molecule has 0 bridgehead atoms. The van der Waals surface area contributed by atoms with E-state index in [9.17, 15) is 4.79 Å². The van der Waals surface area contributed by atoms with Gasteiger partial charge in [-0.25, -0.2) is 0 Å². The molecule has 1 aliphatic rings. The summed E-state index contributed by atoms with van der Waals surface area (Å²) in [5.74, 6) is 0.154. The van der Waals surface area contributed by atoms with E-state index in [-0.39, 0.29) is 18.0 Å². The van der Waals surface area contributed by atoms with Crippen LogP contribution in [0.25, 0.3) is 0 Å². The van der Waals surface area contributed by atoms with Crippen molar-refractivity contribution in [1.29, 1.82) is 0 Å². The van der Waals surface area contributed by atoms with Gasteiger partial charge < -0.3 is 5.32 Å². The van der Waals surface area contributed by atoms with Gasteiger partial charge in [-0.2, -0.15) is 0 Å². The molecule has 1 aromatic rings. The highest BCUT2D eigenvalue weighted by molar-refractivity contribution is 7.10. The Bertz CT molecular complexity index is 337. The highest BCUT2D eigenvalue weighted by atomic mass is 32.1. The molecule has 0 saturated carbocycles.